The maximum Gasteiger partial charge on any atom is 0.250 e. The lowest BCUT2D eigenvalue weighted by atomic mass is 10.1. The number of benzene rings is 2. The third kappa shape index (κ3) is 3.71. The molecule has 6 nitrogen and oxygen atoms in total. The highest BCUT2D eigenvalue weighted by atomic mass is 32.2. The number of thioether (sulfide) groups is 1. The Hall–Kier alpha value is -2.80. The van der Waals surface area contributed by atoms with E-state index in [1.54, 1.807) is 4.90 Å². The Balaban J connectivity index is 1.41. The van der Waals surface area contributed by atoms with E-state index in [1.807, 2.05) is 53.4 Å². The van der Waals surface area contributed by atoms with Crippen molar-refractivity contribution in [1.82, 2.24) is 4.90 Å². The highest BCUT2D eigenvalue weighted by molar-refractivity contribution is 8.01. The highest BCUT2D eigenvalue weighted by Gasteiger charge is 2.41. The number of carbonyl (C=O) groups excluding carboxylic acids is 3. The van der Waals surface area contributed by atoms with Crippen LogP contribution in [-0.4, -0.2) is 54.1 Å². The van der Waals surface area contributed by atoms with Gasteiger partial charge in [0, 0.05) is 30.2 Å². The van der Waals surface area contributed by atoms with Gasteiger partial charge in [-0.2, -0.15) is 0 Å². The predicted molar refractivity (Wildman–Crippen MR) is 121 cm³/mol. The number of fused-ring (bicyclic) bond motifs is 2. The molecule has 2 aromatic carbocycles. The van der Waals surface area contributed by atoms with Crippen LogP contribution >= 0.6 is 11.8 Å². The van der Waals surface area contributed by atoms with Gasteiger partial charge in [0.15, 0.2) is 5.25 Å². The van der Waals surface area contributed by atoms with E-state index in [2.05, 4.69) is 0 Å². The number of carbonyl (C=O) groups is 3. The SMILES string of the molecule is O=C(C1Sc2ccccc2N(CC(=O)N2CCc3ccccc32)C1=O)N1CCCCC1. The molecule has 31 heavy (non-hydrogen) atoms. The van der Waals surface area contributed by atoms with Crippen LogP contribution in [0.1, 0.15) is 24.8 Å². The zero-order valence-corrected chi connectivity index (χ0v) is 18.1. The van der Waals surface area contributed by atoms with Crippen molar-refractivity contribution in [1.29, 1.82) is 0 Å². The summed E-state index contributed by atoms with van der Waals surface area (Å²) >= 11 is 1.31. The Morgan fingerprint density at radius 2 is 1.61 bits per heavy atom. The van der Waals surface area contributed by atoms with Crippen molar-refractivity contribution >= 4 is 40.9 Å². The molecule has 3 aliphatic heterocycles. The molecular weight excluding hydrogens is 410 g/mol. The fourth-order valence-electron chi connectivity index (χ4n) is 4.63. The average Bonchev–Trinajstić information content (AvgIpc) is 3.25. The van der Waals surface area contributed by atoms with Crippen molar-refractivity contribution < 1.29 is 14.4 Å². The lowest BCUT2D eigenvalue weighted by molar-refractivity contribution is -0.135. The molecule has 1 unspecified atom stereocenters. The third-order valence-electron chi connectivity index (χ3n) is 6.26. The minimum atomic E-state index is -0.827. The zero-order valence-electron chi connectivity index (χ0n) is 17.3. The molecule has 160 valence electrons. The van der Waals surface area contributed by atoms with E-state index in [1.165, 1.54) is 16.7 Å². The van der Waals surface area contributed by atoms with Crippen molar-refractivity contribution in [3.8, 4) is 0 Å². The van der Waals surface area contributed by atoms with Gasteiger partial charge >= 0.3 is 0 Å². The monoisotopic (exact) mass is 435 g/mol. The first-order valence-electron chi connectivity index (χ1n) is 10.9. The molecule has 3 amide bonds. The molecule has 1 atom stereocenters. The molecule has 0 bridgehead atoms. The average molecular weight is 436 g/mol. The van der Waals surface area contributed by atoms with Crippen LogP contribution in [0.15, 0.2) is 53.4 Å². The summed E-state index contributed by atoms with van der Waals surface area (Å²) in [7, 11) is 0. The molecule has 0 saturated carbocycles. The second-order valence-corrected chi connectivity index (χ2v) is 9.35. The molecule has 3 aliphatic rings. The van der Waals surface area contributed by atoms with Crippen molar-refractivity contribution in [2.45, 2.75) is 35.8 Å². The zero-order chi connectivity index (χ0) is 21.4. The number of amides is 3. The summed E-state index contributed by atoms with van der Waals surface area (Å²) in [5.74, 6) is -0.544. The molecular formula is C24H25N3O3S. The Morgan fingerprint density at radius 3 is 2.42 bits per heavy atom. The summed E-state index contributed by atoms with van der Waals surface area (Å²) in [6.07, 6.45) is 3.89. The smallest absolute Gasteiger partial charge is 0.250 e. The van der Waals surface area contributed by atoms with Crippen LogP contribution in [0.25, 0.3) is 0 Å². The van der Waals surface area contributed by atoms with E-state index in [-0.39, 0.29) is 24.3 Å². The van der Waals surface area contributed by atoms with Crippen molar-refractivity contribution in [3.05, 3.63) is 54.1 Å². The van der Waals surface area contributed by atoms with Gasteiger partial charge < -0.3 is 14.7 Å². The Morgan fingerprint density at radius 1 is 0.903 bits per heavy atom. The molecule has 0 radical (unpaired) electrons. The summed E-state index contributed by atoms with van der Waals surface area (Å²) in [5, 5.41) is -0.827. The van der Waals surface area contributed by atoms with E-state index in [9.17, 15) is 14.4 Å². The number of rotatable bonds is 3. The summed E-state index contributed by atoms with van der Waals surface area (Å²) < 4.78 is 0. The first-order chi connectivity index (χ1) is 15.1. The molecule has 0 aliphatic carbocycles. The number of hydrogen-bond donors (Lipinski definition) is 0. The molecule has 7 heteroatoms. The molecule has 3 heterocycles. The number of likely N-dealkylation sites (tertiary alicyclic amines) is 1. The Labute approximate surface area is 186 Å². The lowest BCUT2D eigenvalue weighted by Crippen LogP contribution is -2.53. The second-order valence-electron chi connectivity index (χ2n) is 8.20. The summed E-state index contributed by atoms with van der Waals surface area (Å²) in [4.78, 5) is 45.8. The normalized spacial score (nSPS) is 20.5. The third-order valence-corrected chi connectivity index (χ3v) is 7.50. The molecule has 0 spiro atoms. The summed E-state index contributed by atoms with van der Waals surface area (Å²) in [6, 6.07) is 15.4. The molecule has 1 fully saturated rings. The van der Waals surface area contributed by atoms with Gasteiger partial charge in [-0.05, 0) is 49.4 Å². The number of nitrogens with zero attached hydrogens (tertiary/aromatic N) is 3. The van der Waals surface area contributed by atoms with Gasteiger partial charge in [0.1, 0.15) is 6.54 Å². The molecule has 0 aromatic heterocycles. The second kappa shape index (κ2) is 8.38. The highest BCUT2D eigenvalue weighted by Crippen LogP contribution is 2.40. The van der Waals surface area contributed by atoms with E-state index in [0.29, 0.717) is 25.3 Å². The lowest BCUT2D eigenvalue weighted by Gasteiger charge is -2.36. The molecule has 1 saturated heterocycles. The largest absolute Gasteiger partial charge is 0.341 e. The fourth-order valence-corrected chi connectivity index (χ4v) is 5.82. The fraction of sp³-hybridized carbons (Fsp3) is 0.375. The maximum atomic E-state index is 13.5. The number of hydrogen-bond acceptors (Lipinski definition) is 4. The van der Waals surface area contributed by atoms with Gasteiger partial charge in [0.2, 0.25) is 11.8 Å². The Kier molecular flexibility index (Phi) is 5.44. The van der Waals surface area contributed by atoms with E-state index < -0.39 is 5.25 Å². The van der Waals surface area contributed by atoms with Crippen LogP contribution in [-0.2, 0) is 20.8 Å². The van der Waals surface area contributed by atoms with Gasteiger partial charge in [-0.25, -0.2) is 0 Å². The summed E-state index contributed by atoms with van der Waals surface area (Å²) in [5.41, 5.74) is 2.77. The van der Waals surface area contributed by atoms with Crippen molar-refractivity contribution in [2.24, 2.45) is 0 Å². The minimum absolute atomic E-state index is 0.0610. The quantitative estimate of drug-likeness (QED) is 0.695. The van der Waals surface area contributed by atoms with E-state index >= 15 is 0 Å². The van der Waals surface area contributed by atoms with Gasteiger partial charge in [0.05, 0.1) is 5.69 Å². The number of piperidine rings is 1. The summed E-state index contributed by atoms with van der Waals surface area (Å²) in [6.45, 7) is 1.96. The molecule has 5 rings (SSSR count). The molecule has 0 N–H and O–H groups in total. The van der Waals surface area contributed by atoms with Gasteiger partial charge in [-0.1, -0.05) is 30.3 Å². The van der Waals surface area contributed by atoms with Crippen LogP contribution in [0.5, 0.6) is 0 Å². The van der Waals surface area contributed by atoms with Gasteiger partial charge in [-0.3, -0.25) is 14.4 Å². The standard InChI is InChI=1S/C24H25N3O3S/c28-21(26-15-12-17-8-2-3-9-18(17)26)16-27-19-10-4-5-11-20(19)31-22(24(27)30)23(29)25-13-6-1-7-14-25/h2-5,8-11,22H,1,6-7,12-16H2. The predicted octanol–water partition coefficient (Wildman–Crippen LogP) is 3.10. The van der Waals surface area contributed by atoms with E-state index in [0.717, 1.165) is 41.8 Å². The molecule has 2 aromatic rings. The van der Waals surface area contributed by atoms with E-state index in [4.69, 9.17) is 0 Å². The van der Waals surface area contributed by atoms with Crippen LogP contribution in [0.4, 0.5) is 11.4 Å². The number of anilines is 2. The first-order valence-corrected chi connectivity index (χ1v) is 11.8. The van der Waals surface area contributed by atoms with Gasteiger partial charge in [0.25, 0.3) is 5.91 Å². The first kappa shape index (κ1) is 20.1. The Bertz CT molecular complexity index is 1030. The van der Waals surface area contributed by atoms with Crippen LogP contribution < -0.4 is 9.80 Å². The maximum absolute atomic E-state index is 13.5. The van der Waals surface area contributed by atoms with Gasteiger partial charge in [-0.15, -0.1) is 11.8 Å². The van der Waals surface area contributed by atoms with Crippen LogP contribution in [0.3, 0.4) is 0 Å². The number of para-hydroxylation sites is 2. The van der Waals surface area contributed by atoms with Crippen molar-refractivity contribution in [3.63, 3.8) is 0 Å². The van der Waals surface area contributed by atoms with Crippen LogP contribution in [0, 0.1) is 0 Å². The van der Waals surface area contributed by atoms with Crippen molar-refractivity contribution in [2.75, 3.05) is 36.0 Å². The van der Waals surface area contributed by atoms with Crippen LogP contribution in [0.2, 0.25) is 0 Å². The minimum Gasteiger partial charge on any atom is -0.341 e. The topological polar surface area (TPSA) is 60.9 Å².